The minimum absolute atomic E-state index is 0.00528. The number of halogens is 1. The zero-order valence-corrected chi connectivity index (χ0v) is 24.6. The van der Waals surface area contributed by atoms with E-state index in [0.29, 0.717) is 37.0 Å². The molecule has 4 aromatic rings. The van der Waals surface area contributed by atoms with Crippen molar-refractivity contribution in [1.29, 1.82) is 0 Å². The lowest BCUT2D eigenvalue weighted by Gasteiger charge is -2.25. The number of esters is 1. The second-order valence-electron chi connectivity index (χ2n) is 9.51. The lowest BCUT2D eigenvalue weighted by Crippen LogP contribution is -2.32. The first kappa shape index (κ1) is 31.1. The van der Waals surface area contributed by atoms with Crippen molar-refractivity contribution < 1.29 is 32.9 Å². The first-order valence-corrected chi connectivity index (χ1v) is 15.2. The number of aromatic hydroxyl groups is 1. The highest BCUT2D eigenvalue weighted by atomic mass is 35.5. The van der Waals surface area contributed by atoms with Gasteiger partial charge in [-0.25, -0.2) is 13.2 Å². The van der Waals surface area contributed by atoms with Gasteiger partial charge in [-0.05, 0) is 72.6 Å². The molecule has 0 amide bonds. The quantitative estimate of drug-likeness (QED) is 0.186. The number of hydrogen-bond acceptors (Lipinski definition) is 8. The molecular weight excluding hydrogens is 578 g/mol. The van der Waals surface area contributed by atoms with Crippen LogP contribution in [0.1, 0.15) is 34.5 Å². The average Bonchev–Trinajstić information content (AvgIpc) is 2.98. The number of carbonyl (C=O) groups is 1. The minimum Gasteiger partial charge on any atom is -0.507 e. The summed E-state index contributed by atoms with van der Waals surface area (Å²) in [7, 11) is -3.97. The maximum Gasteiger partial charge on any atom is 0.341 e. The molecular formula is C32H32ClNO7S. The summed E-state index contributed by atoms with van der Waals surface area (Å²) in [4.78, 5) is 14.0. The molecule has 42 heavy (non-hydrogen) atoms. The summed E-state index contributed by atoms with van der Waals surface area (Å²) in [6.45, 7) is 3.45. The predicted molar refractivity (Wildman–Crippen MR) is 160 cm³/mol. The maximum absolute atomic E-state index is 13.2. The highest BCUT2D eigenvalue weighted by molar-refractivity contribution is 7.91. The van der Waals surface area contributed by atoms with Crippen molar-refractivity contribution in [1.82, 2.24) is 4.90 Å². The van der Waals surface area contributed by atoms with Crippen molar-refractivity contribution in [2.75, 3.05) is 26.3 Å². The van der Waals surface area contributed by atoms with Gasteiger partial charge in [0.2, 0.25) is 9.84 Å². The molecule has 0 heterocycles. The van der Waals surface area contributed by atoms with Crippen LogP contribution in [-0.4, -0.2) is 55.8 Å². The van der Waals surface area contributed by atoms with E-state index in [4.69, 9.17) is 21.1 Å². The Kier molecular flexibility index (Phi) is 10.6. The number of carbonyl (C=O) groups excluding carboxylic acids is 1. The second kappa shape index (κ2) is 14.3. The Labute approximate surface area is 250 Å². The van der Waals surface area contributed by atoms with Crippen LogP contribution in [-0.2, 0) is 21.1 Å². The fraction of sp³-hybridized carbons (Fsp3) is 0.219. The monoisotopic (exact) mass is 609 g/mol. The van der Waals surface area contributed by atoms with Gasteiger partial charge in [-0.3, -0.25) is 4.90 Å². The van der Waals surface area contributed by atoms with Crippen LogP contribution in [0.5, 0.6) is 11.5 Å². The van der Waals surface area contributed by atoms with E-state index in [0.717, 1.165) is 23.3 Å². The number of sulfone groups is 1. The van der Waals surface area contributed by atoms with Crippen LogP contribution in [0, 0.1) is 0 Å². The maximum atomic E-state index is 13.2. The van der Waals surface area contributed by atoms with Gasteiger partial charge in [0.1, 0.15) is 23.7 Å². The molecule has 0 fully saturated rings. The Balaban J connectivity index is 1.42. The summed E-state index contributed by atoms with van der Waals surface area (Å²) in [5.41, 5.74) is 1.59. The number of benzene rings is 4. The number of aliphatic hydroxyl groups is 1. The van der Waals surface area contributed by atoms with E-state index in [1.54, 1.807) is 37.3 Å². The topological polar surface area (TPSA) is 113 Å². The number of aliphatic hydroxyl groups excluding tert-OH is 1. The number of phenols is 1. The third kappa shape index (κ3) is 8.10. The van der Waals surface area contributed by atoms with E-state index in [2.05, 4.69) is 4.90 Å². The molecule has 2 N–H and O–H groups in total. The molecule has 4 rings (SSSR count). The van der Waals surface area contributed by atoms with Gasteiger partial charge < -0.3 is 19.7 Å². The van der Waals surface area contributed by atoms with Gasteiger partial charge in [0.15, 0.2) is 0 Å². The fourth-order valence-electron chi connectivity index (χ4n) is 4.34. The van der Waals surface area contributed by atoms with Gasteiger partial charge in [-0.2, -0.15) is 0 Å². The molecule has 10 heteroatoms. The highest BCUT2D eigenvalue weighted by Gasteiger charge is 2.22. The lowest BCUT2D eigenvalue weighted by molar-refractivity contribution is 0.0522. The zero-order valence-electron chi connectivity index (χ0n) is 23.0. The number of phenolic OH excluding ortho intramolecular Hbond substituents is 1. The third-order valence-electron chi connectivity index (χ3n) is 6.50. The number of rotatable bonds is 13. The first-order chi connectivity index (χ1) is 20.2. The Morgan fingerprint density at radius 2 is 1.64 bits per heavy atom. The van der Waals surface area contributed by atoms with Crippen LogP contribution < -0.4 is 4.74 Å². The standard InChI is InChI=1S/C32H32ClNO7S/c1-2-40-32(37)29-20-28(15-16-30(29)35)42(38,39)27-13-11-26(12-14-27)41-18-17-34(21-23-7-4-3-5-8-23)22-31(36)24-9-6-10-25(33)19-24/h3-16,19-20,31,35-36H,2,17-18,21-22H2,1H3/t31-/m1/s1. The minimum atomic E-state index is -3.97. The summed E-state index contributed by atoms with van der Waals surface area (Å²) in [6.07, 6.45) is -0.749. The molecule has 220 valence electrons. The molecule has 0 saturated heterocycles. The molecule has 0 aliphatic heterocycles. The van der Waals surface area contributed by atoms with Gasteiger partial charge in [0.25, 0.3) is 0 Å². The SMILES string of the molecule is CCOC(=O)c1cc(S(=O)(=O)c2ccc(OCCN(Cc3ccccc3)C[C@@H](O)c3cccc(Cl)c3)cc2)ccc1O. The molecule has 8 nitrogen and oxygen atoms in total. The van der Waals surface area contributed by atoms with E-state index in [1.165, 1.54) is 18.2 Å². The van der Waals surface area contributed by atoms with E-state index < -0.39 is 21.9 Å². The van der Waals surface area contributed by atoms with Crippen LogP contribution >= 0.6 is 11.6 Å². The molecule has 0 aliphatic carbocycles. The number of nitrogens with zero attached hydrogens (tertiary/aromatic N) is 1. The van der Waals surface area contributed by atoms with Gasteiger partial charge in [0.05, 0.1) is 22.5 Å². The smallest absolute Gasteiger partial charge is 0.341 e. The van der Waals surface area contributed by atoms with Crippen molar-refractivity contribution in [2.45, 2.75) is 29.4 Å². The molecule has 0 saturated carbocycles. The summed E-state index contributed by atoms with van der Waals surface area (Å²) < 4.78 is 37.2. The molecule has 0 radical (unpaired) electrons. The predicted octanol–water partition coefficient (Wildman–Crippen LogP) is 5.67. The van der Waals surface area contributed by atoms with Crippen LogP contribution in [0.4, 0.5) is 0 Å². The Morgan fingerprint density at radius 3 is 2.33 bits per heavy atom. The second-order valence-corrected chi connectivity index (χ2v) is 11.9. The number of ether oxygens (including phenoxy) is 2. The van der Waals surface area contributed by atoms with Crippen molar-refractivity contribution in [3.63, 3.8) is 0 Å². The molecule has 0 bridgehead atoms. The van der Waals surface area contributed by atoms with E-state index >= 15 is 0 Å². The molecule has 1 atom stereocenters. The van der Waals surface area contributed by atoms with Gasteiger partial charge >= 0.3 is 5.97 Å². The Morgan fingerprint density at radius 1 is 0.929 bits per heavy atom. The van der Waals surface area contributed by atoms with Crippen molar-refractivity contribution in [3.8, 4) is 11.5 Å². The van der Waals surface area contributed by atoms with Crippen LogP contribution in [0.3, 0.4) is 0 Å². The molecule has 0 spiro atoms. The average molecular weight is 610 g/mol. The van der Waals surface area contributed by atoms with Crippen LogP contribution in [0.15, 0.2) is 107 Å². The van der Waals surface area contributed by atoms with Crippen molar-refractivity contribution in [3.05, 3.63) is 119 Å². The first-order valence-electron chi connectivity index (χ1n) is 13.3. The van der Waals surface area contributed by atoms with Gasteiger partial charge in [0, 0.05) is 24.7 Å². The normalized spacial score (nSPS) is 12.2. The largest absolute Gasteiger partial charge is 0.507 e. The fourth-order valence-corrected chi connectivity index (χ4v) is 5.82. The Bertz CT molecular complexity index is 1600. The summed E-state index contributed by atoms with van der Waals surface area (Å²) >= 11 is 6.11. The lowest BCUT2D eigenvalue weighted by atomic mass is 10.1. The van der Waals surface area contributed by atoms with E-state index in [-0.39, 0.29) is 27.7 Å². The molecule has 0 aromatic heterocycles. The Hall–Kier alpha value is -3.89. The summed E-state index contributed by atoms with van der Waals surface area (Å²) in [5.74, 6) is -0.698. The van der Waals surface area contributed by atoms with Gasteiger partial charge in [-0.1, -0.05) is 54.1 Å². The molecule has 4 aromatic carbocycles. The van der Waals surface area contributed by atoms with Crippen molar-refractivity contribution in [2.24, 2.45) is 0 Å². The summed E-state index contributed by atoms with van der Waals surface area (Å²) in [5, 5.41) is 21.4. The van der Waals surface area contributed by atoms with E-state index in [9.17, 15) is 23.4 Å². The zero-order chi connectivity index (χ0) is 30.1. The van der Waals surface area contributed by atoms with Crippen LogP contribution in [0.25, 0.3) is 0 Å². The third-order valence-corrected chi connectivity index (χ3v) is 8.50. The summed E-state index contributed by atoms with van der Waals surface area (Å²) in [6, 6.07) is 26.5. The number of hydrogen-bond donors (Lipinski definition) is 2. The van der Waals surface area contributed by atoms with Gasteiger partial charge in [-0.15, -0.1) is 0 Å². The highest BCUT2D eigenvalue weighted by Crippen LogP contribution is 2.28. The molecule has 0 unspecified atom stereocenters. The van der Waals surface area contributed by atoms with Crippen LogP contribution in [0.2, 0.25) is 5.02 Å². The van der Waals surface area contributed by atoms with Crippen molar-refractivity contribution >= 4 is 27.4 Å². The molecule has 0 aliphatic rings. The van der Waals surface area contributed by atoms with E-state index in [1.807, 2.05) is 36.4 Å².